The fraction of sp³-hybridized carbons (Fsp3) is 0.350. The second-order valence-corrected chi connectivity index (χ2v) is 5.93. The van der Waals surface area contributed by atoms with Gasteiger partial charge in [-0.05, 0) is 56.2 Å². The minimum Gasteiger partial charge on any atom is -0.508 e. The van der Waals surface area contributed by atoms with Crippen LogP contribution in [0.1, 0.15) is 23.6 Å². The number of aryl methyl sites for hydroxylation is 2. The summed E-state index contributed by atoms with van der Waals surface area (Å²) in [5.41, 5.74) is 3.67. The van der Waals surface area contributed by atoms with Gasteiger partial charge in [-0.15, -0.1) is 0 Å². The van der Waals surface area contributed by atoms with Gasteiger partial charge in [0.1, 0.15) is 23.9 Å². The average Bonchev–Trinajstić information content (AvgIpc) is 2.64. The molecule has 0 aliphatic carbocycles. The molecule has 0 bridgehead atoms. The summed E-state index contributed by atoms with van der Waals surface area (Å²) in [5, 5.41) is 13.8. The number of hydrogen-bond donors (Lipinski definition) is 3. The Morgan fingerprint density at radius 2 is 1.85 bits per heavy atom. The van der Waals surface area contributed by atoms with Crippen molar-refractivity contribution in [1.29, 1.82) is 0 Å². The number of hydrazine groups is 1. The normalized spacial score (nSPS) is 9.70. The van der Waals surface area contributed by atoms with Gasteiger partial charge in [0, 0.05) is 19.8 Å². The summed E-state index contributed by atoms with van der Waals surface area (Å²) in [6.07, 6.45) is 0.528. The summed E-state index contributed by atoms with van der Waals surface area (Å²) < 4.78 is 11.6. The maximum Gasteiger partial charge on any atom is 0.223 e. The van der Waals surface area contributed by atoms with Gasteiger partial charge in [-0.2, -0.15) is 0 Å². The van der Waals surface area contributed by atoms with E-state index in [0.717, 1.165) is 38.9 Å². The molecule has 0 heterocycles. The van der Waals surface area contributed by atoms with Crippen LogP contribution in [0, 0.1) is 13.8 Å². The van der Waals surface area contributed by atoms with Crippen LogP contribution in [0.25, 0.3) is 0 Å². The number of nitrogens with one attached hydrogen (secondary N) is 1. The molecule has 0 unspecified atom stereocenters. The van der Waals surface area contributed by atoms with E-state index in [2.05, 4.69) is 5.32 Å². The van der Waals surface area contributed by atoms with Crippen molar-refractivity contribution in [3.05, 3.63) is 47.0 Å². The average molecular weight is 375 g/mol. The zero-order valence-corrected chi connectivity index (χ0v) is 16.6. The molecule has 27 heavy (non-hydrogen) atoms. The van der Waals surface area contributed by atoms with Crippen LogP contribution in [0.2, 0.25) is 0 Å². The molecule has 0 aliphatic rings. The summed E-state index contributed by atoms with van der Waals surface area (Å²) in [5.74, 6) is 6.63. The predicted octanol–water partition coefficient (Wildman–Crippen LogP) is 2.98. The van der Waals surface area contributed by atoms with Gasteiger partial charge >= 0.3 is 0 Å². The molecule has 0 aliphatic heterocycles. The van der Waals surface area contributed by atoms with E-state index in [1.807, 2.05) is 52.1 Å². The maximum absolute atomic E-state index is 9.72. The lowest BCUT2D eigenvalue weighted by molar-refractivity contribution is -0.117. The first-order valence-corrected chi connectivity index (χ1v) is 8.62. The second kappa shape index (κ2) is 10.9. The van der Waals surface area contributed by atoms with E-state index in [1.54, 1.807) is 6.07 Å². The lowest BCUT2D eigenvalue weighted by Gasteiger charge is -2.17. The van der Waals surface area contributed by atoms with E-state index in [0.29, 0.717) is 19.6 Å². The molecule has 0 aromatic heterocycles. The molecule has 0 radical (unpaired) electrons. The Hall–Kier alpha value is -2.93. The molecule has 1 amide bonds. The van der Waals surface area contributed by atoms with Crippen molar-refractivity contribution in [2.45, 2.75) is 27.4 Å². The molecule has 2 aromatic carbocycles. The molecule has 0 saturated heterocycles. The molecule has 7 nitrogen and oxygen atoms in total. The molecular weight excluding hydrogens is 346 g/mol. The van der Waals surface area contributed by atoms with Gasteiger partial charge in [0.05, 0.1) is 12.2 Å². The lowest BCUT2D eigenvalue weighted by atomic mass is 10.1. The van der Waals surface area contributed by atoms with Gasteiger partial charge in [0.15, 0.2) is 0 Å². The van der Waals surface area contributed by atoms with Crippen molar-refractivity contribution in [3.8, 4) is 17.2 Å². The van der Waals surface area contributed by atoms with Crippen LogP contribution in [0.15, 0.2) is 30.3 Å². The zero-order valence-electron chi connectivity index (χ0n) is 16.6. The number of carbonyl (C=O) groups excluding carboxylic acids is 1. The number of anilines is 1. The Morgan fingerprint density at radius 1 is 1.19 bits per heavy atom. The van der Waals surface area contributed by atoms with Crippen molar-refractivity contribution >= 4 is 12.1 Å². The predicted molar refractivity (Wildman–Crippen MR) is 107 cm³/mol. The van der Waals surface area contributed by atoms with E-state index in [-0.39, 0.29) is 5.75 Å². The highest BCUT2D eigenvalue weighted by atomic mass is 16.5. The molecule has 0 spiro atoms. The maximum atomic E-state index is 9.72. The molecule has 0 fully saturated rings. The van der Waals surface area contributed by atoms with Crippen molar-refractivity contribution in [2.24, 2.45) is 5.84 Å². The molecule has 148 valence electrons. The van der Waals surface area contributed by atoms with Crippen LogP contribution in [0.5, 0.6) is 17.2 Å². The molecule has 0 saturated carbocycles. The second-order valence-electron chi connectivity index (χ2n) is 5.93. The summed E-state index contributed by atoms with van der Waals surface area (Å²) in [6, 6.07) is 9.47. The highest BCUT2D eigenvalue weighted by Crippen LogP contribution is 2.31. The number of hydrogen-bond acceptors (Lipinski definition) is 6. The molecule has 0 atom stereocenters. The first kappa shape index (κ1) is 22.1. The SMILES string of the molecule is CCOc1cccc(NC)c1COc1cc(C)c(O)cc1C.CN(N)C=O. The number of rotatable bonds is 7. The third kappa shape index (κ3) is 6.71. The van der Waals surface area contributed by atoms with Gasteiger partial charge in [0.2, 0.25) is 6.41 Å². The van der Waals surface area contributed by atoms with Gasteiger partial charge in [0.25, 0.3) is 0 Å². The first-order chi connectivity index (χ1) is 12.8. The Kier molecular flexibility index (Phi) is 8.95. The minimum atomic E-state index is 0.287. The molecule has 2 aromatic rings. The van der Waals surface area contributed by atoms with Crippen LogP contribution >= 0.6 is 0 Å². The van der Waals surface area contributed by atoms with Crippen molar-refractivity contribution in [2.75, 3.05) is 26.0 Å². The van der Waals surface area contributed by atoms with E-state index >= 15 is 0 Å². The smallest absolute Gasteiger partial charge is 0.223 e. The Morgan fingerprint density at radius 3 is 2.41 bits per heavy atom. The van der Waals surface area contributed by atoms with E-state index in [4.69, 9.17) is 15.3 Å². The number of aromatic hydroxyl groups is 1. The highest BCUT2D eigenvalue weighted by Gasteiger charge is 2.11. The topological polar surface area (TPSA) is 97.1 Å². The fourth-order valence-electron chi connectivity index (χ4n) is 2.32. The van der Waals surface area contributed by atoms with Crippen LogP contribution in [0.3, 0.4) is 0 Å². The van der Waals surface area contributed by atoms with Crippen LogP contribution < -0.4 is 20.6 Å². The Bertz CT molecular complexity index is 748. The summed E-state index contributed by atoms with van der Waals surface area (Å²) in [6.45, 7) is 6.75. The number of carbonyl (C=O) groups is 1. The summed E-state index contributed by atoms with van der Waals surface area (Å²) in [7, 11) is 3.34. The third-order valence-electron chi connectivity index (χ3n) is 3.73. The Labute approximate surface area is 160 Å². The lowest BCUT2D eigenvalue weighted by Crippen LogP contribution is -2.23. The summed E-state index contributed by atoms with van der Waals surface area (Å²) >= 11 is 0. The Balaban J connectivity index is 0.000000646. The van der Waals surface area contributed by atoms with E-state index < -0.39 is 0 Å². The number of nitrogens with zero attached hydrogens (tertiary/aromatic N) is 1. The van der Waals surface area contributed by atoms with Crippen LogP contribution in [-0.4, -0.2) is 37.2 Å². The van der Waals surface area contributed by atoms with Gasteiger partial charge in [-0.3, -0.25) is 9.80 Å². The molecular formula is C20H29N3O4. The van der Waals surface area contributed by atoms with Gasteiger partial charge in [-0.25, -0.2) is 5.84 Å². The highest BCUT2D eigenvalue weighted by molar-refractivity contribution is 5.57. The molecule has 7 heteroatoms. The number of nitrogens with two attached hydrogens (primary N) is 1. The van der Waals surface area contributed by atoms with Gasteiger partial charge < -0.3 is 19.9 Å². The van der Waals surface area contributed by atoms with Crippen molar-refractivity contribution in [1.82, 2.24) is 5.01 Å². The minimum absolute atomic E-state index is 0.287. The number of amides is 1. The summed E-state index contributed by atoms with van der Waals surface area (Å²) in [4.78, 5) is 9.31. The largest absolute Gasteiger partial charge is 0.508 e. The van der Waals surface area contributed by atoms with Gasteiger partial charge in [-0.1, -0.05) is 6.07 Å². The monoisotopic (exact) mass is 375 g/mol. The standard InChI is InChI=1S/C18H23NO3.C2H6N2O/c1-5-21-17-8-6-7-15(19-4)14(17)11-22-18-10-12(2)16(20)9-13(18)3;1-4(3)2-5/h6-10,19-20H,5,11H2,1-4H3;2H,3H2,1H3. The number of benzene rings is 2. The fourth-order valence-corrected chi connectivity index (χ4v) is 2.32. The molecule has 4 N–H and O–H groups in total. The quantitative estimate of drug-likeness (QED) is 0.298. The zero-order chi connectivity index (χ0) is 20.4. The molecule has 2 rings (SSSR count). The van der Waals surface area contributed by atoms with E-state index in [9.17, 15) is 9.90 Å². The number of phenols is 1. The van der Waals surface area contributed by atoms with Crippen molar-refractivity contribution < 1.29 is 19.4 Å². The first-order valence-electron chi connectivity index (χ1n) is 8.62. The third-order valence-corrected chi connectivity index (χ3v) is 3.73. The van der Waals surface area contributed by atoms with Crippen LogP contribution in [0.4, 0.5) is 5.69 Å². The van der Waals surface area contributed by atoms with E-state index in [1.165, 1.54) is 7.05 Å². The number of phenolic OH excluding ortho intramolecular Hbond substituents is 1. The van der Waals surface area contributed by atoms with Crippen LogP contribution in [-0.2, 0) is 11.4 Å². The van der Waals surface area contributed by atoms with Crippen molar-refractivity contribution in [3.63, 3.8) is 0 Å². The number of ether oxygens (including phenoxy) is 2.